The van der Waals surface area contributed by atoms with Crippen LogP contribution in [-0.2, 0) is 22.7 Å². The number of hydrogen-bond donors (Lipinski definition) is 1. The molecule has 6 nitrogen and oxygen atoms in total. The van der Waals surface area contributed by atoms with Crippen molar-refractivity contribution in [2.75, 3.05) is 0 Å². The van der Waals surface area contributed by atoms with Crippen molar-refractivity contribution in [2.45, 2.75) is 26.1 Å². The number of Topliss-reactive ketones (excluding diaryl/α,β-unsaturated/α-hetero) is 1. The van der Waals surface area contributed by atoms with Gasteiger partial charge in [0.25, 0.3) is 11.7 Å². The van der Waals surface area contributed by atoms with Crippen LogP contribution in [0.3, 0.4) is 0 Å². The molecule has 7 heteroatoms. The molecule has 1 N–H and O–H groups in total. The molecule has 2 aromatic carbocycles. The number of hydrogen-bond acceptors (Lipinski definition) is 6. The van der Waals surface area contributed by atoms with Crippen LogP contribution in [-0.4, -0.2) is 26.7 Å². The second-order valence-electron chi connectivity index (χ2n) is 8.61. The van der Waals surface area contributed by atoms with E-state index in [1.807, 2.05) is 48.7 Å². The number of rotatable bonds is 7. The van der Waals surface area contributed by atoms with Crippen molar-refractivity contribution in [1.82, 2.24) is 9.88 Å². The Labute approximate surface area is 213 Å². The number of benzene rings is 2. The molecular weight excluding hydrogens is 472 g/mol. The fourth-order valence-electron chi connectivity index (χ4n) is 4.31. The second kappa shape index (κ2) is 10.2. The number of aromatic nitrogens is 1. The molecule has 0 radical (unpaired) electrons. The van der Waals surface area contributed by atoms with E-state index in [4.69, 9.17) is 4.74 Å². The lowest BCUT2D eigenvalue weighted by atomic mass is 9.99. The van der Waals surface area contributed by atoms with Crippen LogP contribution in [0.1, 0.15) is 33.2 Å². The van der Waals surface area contributed by atoms with Gasteiger partial charge >= 0.3 is 0 Å². The van der Waals surface area contributed by atoms with Gasteiger partial charge in [-0.3, -0.25) is 14.6 Å². The van der Waals surface area contributed by atoms with Crippen molar-refractivity contribution in [2.24, 2.45) is 0 Å². The summed E-state index contributed by atoms with van der Waals surface area (Å²) in [7, 11) is 0. The number of ketones is 1. The van der Waals surface area contributed by atoms with E-state index in [1.165, 1.54) is 16.2 Å². The van der Waals surface area contributed by atoms with Crippen molar-refractivity contribution in [3.8, 4) is 5.75 Å². The standard InChI is InChI=1S/C29H24N2O4S/c1-19-5-2-6-20(15-19)18-35-23-11-9-22(10-12-23)27(32)25-26(24-8-4-14-36-24)31(29(34)28(25)33)17-21-7-3-13-30-16-21/h2-16,26,32H,17-18H2,1H3/t26-/m1/s1. The zero-order valence-electron chi connectivity index (χ0n) is 19.6. The lowest BCUT2D eigenvalue weighted by molar-refractivity contribution is -0.140. The summed E-state index contributed by atoms with van der Waals surface area (Å²) >= 11 is 1.44. The molecule has 4 aromatic rings. The van der Waals surface area contributed by atoms with Crippen molar-refractivity contribution in [3.63, 3.8) is 0 Å². The van der Waals surface area contributed by atoms with E-state index in [9.17, 15) is 14.7 Å². The fourth-order valence-corrected chi connectivity index (χ4v) is 5.15. The van der Waals surface area contributed by atoms with Crippen LogP contribution in [0.4, 0.5) is 0 Å². The molecule has 2 aromatic heterocycles. The summed E-state index contributed by atoms with van der Waals surface area (Å²) in [6.07, 6.45) is 3.32. The minimum absolute atomic E-state index is 0.0831. The van der Waals surface area contributed by atoms with Crippen LogP contribution >= 0.6 is 11.3 Å². The fraction of sp³-hybridized carbons (Fsp3) is 0.138. The van der Waals surface area contributed by atoms with Gasteiger partial charge in [0, 0.05) is 29.4 Å². The average Bonchev–Trinajstić information content (AvgIpc) is 3.51. The van der Waals surface area contributed by atoms with E-state index < -0.39 is 17.7 Å². The zero-order valence-corrected chi connectivity index (χ0v) is 20.4. The van der Waals surface area contributed by atoms with Gasteiger partial charge in [-0.05, 0) is 59.8 Å². The monoisotopic (exact) mass is 496 g/mol. The van der Waals surface area contributed by atoms with Crippen molar-refractivity contribution >= 4 is 28.8 Å². The lowest BCUT2D eigenvalue weighted by Crippen LogP contribution is -2.28. The smallest absolute Gasteiger partial charge is 0.295 e. The number of ether oxygens (including phenoxy) is 1. The van der Waals surface area contributed by atoms with Gasteiger partial charge in [-0.2, -0.15) is 0 Å². The molecule has 1 amide bonds. The van der Waals surface area contributed by atoms with Crippen LogP contribution in [0.5, 0.6) is 5.75 Å². The van der Waals surface area contributed by atoms with Gasteiger partial charge in [0.1, 0.15) is 18.1 Å². The Bertz CT molecular complexity index is 1410. The zero-order chi connectivity index (χ0) is 25.1. The lowest BCUT2D eigenvalue weighted by Gasteiger charge is -2.24. The average molecular weight is 497 g/mol. The Balaban J connectivity index is 1.43. The highest BCUT2D eigenvalue weighted by atomic mass is 32.1. The quantitative estimate of drug-likeness (QED) is 0.203. The number of aryl methyl sites for hydroxylation is 1. The first kappa shape index (κ1) is 23.5. The number of nitrogens with zero attached hydrogens (tertiary/aromatic N) is 2. The SMILES string of the molecule is Cc1cccc(COc2ccc(C(O)=C3C(=O)C(=O)N(Cc4cccnc4)[C@@H]3c3cccs3)cc2)c1. The summed E-state index contributed by atoms with van der Waals surface area (Å²) in [6.45, 7) is 2.67. The largest absolute Gasteiger partial charge is 0.507 e. The van der Waals surface area contributed by atoms with Gasteiger partial charge < -0.3 is 14.7 Å². The number of aliphatic hydroxyl groups is 1. The van der Waals surface area contributed by atoms with Crippen LogP contribution in [0.15, 0.2) is 96.1 Å². The molecule has 0 aliphatic carbocycles. The highest BCUT2D eigenvalue weighted by molar-refractivity contribution is 7.10. The molecule has 0 bridgehead atoms. The number of aliphatic hydroxyl groups excluding tert-OH is 1. The molecule has 0 saturated carbocycles. The molecular formula is C29H24N2O4S. The number of thiophene rings is 1. The van der Waals surface area contributed by atoms with Gasteiger partial charge in [0.05, 0.1) is 11.6 Å². The normalized spacial score (nSPS) is 16.9. The summed E-state index contributed by atoms with van der Waals surface area (Å²) in [5.74, 6) is -0.906. The maximum atomic E-state index is 13.1. The number of pyridine rings is 1. The van der Waals surface area contributed by atoms with Crippen LogP contribution in [0, 0.1) is 6.92 Å². The summed E-state index contributed by atoms with van der Waals surface area (Å²) in [5, 5.41) is 13.1. The van der Waals surface area contributed by atoms with Crippen molar-refractivity contribution in [1.29, 1.82) is 0 Å². The third kappa shape index (κ3) is 4.78. The van der Waals surface area contributed by atoms with E-state index in [0.717, 1.165) is 21.6 Å². The molecule has 1 aliphatic heterocycles. The second-order valence-corrected chi connectivity index (χ2v) is 9.59. The number of carbonyl (C=O) groups excluding carboxylic acids is 2. The van der Waals surface area contributed by atoms with Crippen LogP contribution in [0.2, 0.25) is 0 Å². The Hall–Kier alpha value is -4.23. The molecule has 36 heavy (non-hydrogen) atoms. The Morgan fingerprint density at radius 2 is 1.83 bits per heavy atom. The Morgan fingerprint density at radius 1 is 1.03 bits per heavy atom. The van der Waals surface area contributed by atoms with Crippen LogP contribution < -0.4 is 4.74 Å². The van der Waals surface area contributed by atoms with Gasteiger partial charge in [-0.25, -0.2) is 0 Å². The number of likely N-dealkylation sites (tertiary alicyclic amines) is 1. The molecule has 0 unspecified atom stereocenters. The molecule has 180 valence electrons. The van der Waals surface area contributed by atoms with Gasteiger partial charge in [-0.15, -0.1) is 11.3 Å². The van der Waals surface area contributed by atoms with Gasteiger partial charge in [0.15, 0.2) is 0 Å². The first-order chi connectivity index (χ1) is 17.5. The minimum atomic E-state index is -0.699. The molecule has 1 aliphatic rings. The third-order valence-corrected chi connectivity index (χ3v) is 6.97. The summed E-state index contributed by atoms with van der Waals surface area (Å²) in [6, 6.07) is 21.7. The Kier molecular flexibility index (Phi) is 6.64. The first-order valence-electron chi connectivity index (χ1n) is 11.5. The summed E-state index contributed by atoms with van der Waals surface area (Å²) in [4.78, 5) is 32.6. The van der Waals surface area contributed by atoms with Gasteiger partial charge in [-0.1, -0.05) is 42.0 Å². The maximum Gasteiger partial charge on any atom is 0.295 e. The Morgan fingerprint density at radius 3 is 2.53 bits per heavy atom. The predicted octanol–water partition coefficient (Wildman–Crippen LogP) is 5.65. The van der Waals surface area contributed by atoms with E-state index in [0.29, 0.717) is 17.9 Å². The first-order valence-corrected chi connectivity index (χ1v) is 12.4. The number of amides is 1. The molecule has 1 saturated heterocycles. The van der Waals surface area contributed by atoms with Crippen LogP contribution in [0.25, 0.3) is 5.76 Å². The van der Waals surface area contributed by atoms with Gasteiger partial charge in [0.2, 0.25) is 0 Å². The highest BCUT2D eigenvalue weighted by Gasteiger charge is 2.46. The topological polar surface area (TPSA) is 79.7 Å². The third-order valence-electron chi connectivity index (χ3n) is 6.04. The molecule has 1 fully saturated rings. The molecule has 3 heterocycles. The molecule has 1 atom stereocenters. The summed E-state index contributed by atoms with van der Waals surface area (Å²) < 4.78 is 5.88. The highest BCUT2D eigenvalue weighted by Crippen LogP contribution is 2.42. The van der Waals surface area contributed by atoms with E-state index >= 15 is 0 Å². The number of carbonyl (C=O) groups is 2. The molecule has 0 spiro atoms. The predicted molar refractivity (Wildman–Crippen MR) is 138 cm³/mol. The van der Waals surface area contributed by atoms with Crippen molar-refractivity contribution < 1.29 is 19.4 Å². The molecule has 5 rings (SSSR count). The van der Waals surface area contributed by atoms with E-state index in [2.05, 4.69) is 11.1 Å². The van der Waals surface area contributed by atoms with E-state index in [1.54, 1.807) is 42.7 Å². The summed E-state index contributed by atoms with van der Waals surface area (Å²) in [5.41, 5.74) is 3.55. The minimum Gasteiger partial charge on any atom is -0.507 e. The van der Waals surface area contributed by atoms with Crippen molar-refractivity contribution in [3.05, 3.63) is 123 Å². The van der Waals surface area contributed by atoms with E-state index in [-0.39, 0.29) is 17.9 Å². The maximum absolute atomic E-state index is 13.1.